The normalized spacial score (nSPS) is 20.9. The molecular formula is C14H15F. The van der Waals surface area contributed by atoms with Gasteiger partial charge in [0.2, 0.25) is 0 Å². The van der Waals surface area contributed by atoms with Gasteiger partial charge in [0.1, 0.15) is 5.82 Å². The van der Waals surface area contributed by atoms with Crippen molar-refractivity contribution in [2.75, 3.05) is 0 Å². The van der Waals surface area contributed by atoms with Crippen molar-refractivity contribution in [1.29, 1.82) is 0 Å². The Balaban J connectivity index is 2.29. The van der Waals surface area contributed by atoms with Gasteiger partial charge in [-0.25, -0.2) is 4.39 Å². The maximum atomic E-state index is 12.8. The largest absolute Gasteiger partial charge is 0.207 e. The zero-order chi connectivity index (χ0) is 10.8. The lowest BCUT2D eigenvalue weighted by molar-refractivity contribution is 0.627. The quantitative estimate of drug-likeness (QED) is 0.599. The summed E-state index contributed by atoms with van der Waals surface area (Å²) in [5.41, 5.74) is 3.85. The van der Waals surface area contributed by atoms with Crippen molar-refractivity contribution in [2.24, 2.45) is 5.92 Å². The van der Waals surface area contributed by atoms with Crippen LogP contribution in [0.3, 0.4) is 0 Å². The van der Waals surface area contributed by atoms with Gasteiger partial charge in [-0.15, -0.1) is 0 Å². The molecule has 0 fully saturated rings. The minimum absolute atomic E-state index is 0.172. The second kappa shape index (κ2) is 4.01. The molecule has 1 unspecified atom stereocenters. The van der Waals surface area contributed by atoms with E-state index in [4.69, 9.17) is 0 Å². The third-order valence-corrected chi connectivity index (χ3v) is 2.85. The molecule has 78 valence electrons. The van der Waals surface area contributed by atoms with E-state index in [0.717, 1.165) is 12.0 Å². The molecular weight excluding hydrogens is 187 g/mol. The predicted molar refractivity (Wildman–Crippen MR) is 61.9 cm³/mol. The van der Waals surface area contributed by atoms with Crippen LogP contribution in [0, 0.1) is 11.7 Å². The van der Waals surface area contributed by atoms with Crippen LogP contribution in [-0.4, -0.2) is 0 Å². The van der Waals surface area contributed by atoms with Crippen LogP contribution in [0.5, 0.6) is 0 Å². The molecule has 1 atom stereocenters. The number of hydrogen-bond donors (Lipinski definition) is 0. The molecule has 0 radical (unpaired) electrons. The summed E-state index contributed by atoms with van der Waals surface area (Å²) < 4.78 is 12.8. The maximum Gasteiger partial charge on any atom is 0.123 e. The van der Waals surface area contributed by atoms with Crippen LogP contribution >= 0.6 is 0 Å². The van der Waals surface area contributed by atoms with Crippen LogP contribution in [0.25, 0.3) is 5.57 Å². The molecule has 1 aromatic carbocycles. The van der Waals surface area contributed by atoms with E-state index in [9.17, 15) is 4.39 Å². The summed E-state index contributed by atoms with van der Waals surface area (Å²) in [7, 11) is 0. The smallest absolute Gasteiger partial charge is 0.123 e. The van der Waals surface area contributed by atoms with Crippen LogP contribution in [0.1, 0.15) is 25.8 Å². The fourth-order valence-electron chi connectivity index (χ4n) is 2.06. The van der Waals surface area contributed by atoms with Crippen molar-refractivity contribution in [1.82, 2.24) is 0 Å². The van der Waals surface area contributed by atoms with Crippen molar-refractivity contribution < 1.29 is 4.39 Å². The summed E-state index contributed by atoms with van der Waals surface area (Å²) in [6.45, 7) is 4.33. The van der Waals surface area contributed by atoms with Gasteiger partial charge in [0.15, 0.2) is 0 Å². The molecule has 0 aliphatic heterocycles. The molecule has 1 aromatic rings. The third-order valence-electron chi connectivity index (χ3n) is 2.85. The molecule has 2 rings (SSSR count). The zero-order valence-corrected chi connectivity index (χ0v) is 9.13. The van der Waals surface area contributed by atoms with E-state index in [1.54, 1.807) is 0 Å². The monoisotopic (exact) mass is 202 g/mol. The molecule has 0 spiro atoms. The van der Waals surface area contributed by atoms with Gasteiger partial charge in [-0.1, -0.05) is 36.8 Å². The lowest BCUT2D eigenvalue weighted by Gasteiger charge is -2.18. The molecule has 0 N–H and O–H groups in total. The molecule has 0 bridgehead atoms. The van der Waals surface area contributed by atoms with Crippen LogP contribution in [0.2, 0.25) is 0 Å². The Morgan fingerprint density at radius 2 is 1.87 bits per heavy atom. The van der Waals surface area contributed by atoms with Crippen molar-refractivity contribution in [3.63, 3.8) is 0 Å². The van der Waals surface area contributed by atoms with E-state index < -0.39 is 0 Å². The molecule has 1 aliphatic carbocycles. The van der Waals surface area contributed by atoms with Gasteiger partial charge in [0.05, 0.1) is 0 Å². The van der Waals surface area contributed by atoms with Gasteiger partial charge in [-0.05, 0) is 42.5 Å². The minimum Gasteiger partial charge on any atom is -0.207 e. The molecule has 0 aromatic heterocycles. The second-order valence-corrected chi connectivity index (χ2v) is 4.17. The average molecular weight is 202 g/mol. The number of halogens is 1. The van der Waals surface area contributed by atoms with Crippen LogP contribution < -0.4 is 0 Å². The first-order valence-corrected chi connectivity index (χ1v) is 5.30. The highest BCUT2D eigenvalue weighted by Gasteiger charge is 2.12. The first-order valence-electron chi connectivity index (χ1n) is 5.30. The minimum atomic E-state index is -0.172. The van der Waals surface area contributed by atoms with E-state index in [1.807, 2.05) is 12.1 Å². The summed E-state index contributed by atoms with van der Waals surface area (Å²) >= 11 is 0. The first-order chi connectivity index (χ1) is 7.16. The van der Waals surface area contributed by atoms with Gasteiger partial charge >= 0.3 is 0 Å². The van der Waals surface area contributed by atoms with Gasteiger partial charge in [-0.2, -0.15) is 0 Å². The van der Waals surface area contributed by atoms with Crippen LogP contribution in [-0.2, 0) is 0 Å². The van der Waals surface area contributed by atoms with Crippen LogP contribution in [0.4, 0.5) is 4.39 Å². The van der Waals surface area contributed by atoms with Crippen LogP contribution in [0.15, 0.2) is 42.0 Å². The molecule has 0 amide bonds. The lowest BCUT2D eigenvalue weighted by Crippen LogP contribution is -2.01. The molecule has 15 heavy (non-hydrogen) atoms. The van der Waals surface area contributed by atoms with Gasteiger partial charge in [0, 0.05) is 0 Å². The van der Waals surface area contributed by atoms with Gasteiger partial charge in [0.25, 0.3) is 0 Å². The molecule has 0 saturated heterocycles. The van der Waals surface area contributed by atoms with E-state index in [0.29, 0.717) is 5.92 Å². The standard InChI is InChI=1S/C14H15F/c1-10-3-8-14(11(2)9-10)12-4-6-13(15)7-5-12/h4-9,11H,3H2,1-2H3. The topological polar surface area (TPSA) is 0 Å². The predicted octanol–water partition coefficient (Wildman–Crippen LogP) is 4.20. The summed E-state index contributed by atoms with van der Waals surface area (Å²) in [6, 6.07) is 6.75. The van der Waals surface area contributed by atoms with Gasteiger partial charge in [-0.3, -0.25) is 0 Å². The summed E-state index contributed by atoms with van der Waals surface area (Å²) in [5, 5.41) is 0. The molecule has 0 saturated carbocycles. The number of hydrogen-bond acceptors (Lipinski definition) is 0. The lowest BCUT2D eigenvalue weighted by atomic mass is 9.87. The molecule has 0 nitrogen and oxygen atoms in total. The van der Waals surface area contributed by atoms with Crippen molar-refractivity contribution in [3.8, 4) is 0 Å². The fraction of sp³-hybridized carbons (Fsp3) is 0.286. The van der Waals surface area contributed by atoms with E-state index >= 15 is 0 Å². The molecule has 0 heterocycles. The molecule has 1 heteroatoms. The Labute approximate surface area is 90.1 Å². The zero-order valence-electron chi connectivity index (χ0n) is 9.13. The summed E-state index contributed by atoms with van der Waals surface area (Å²) in [5.74, 6) is 0.263. The first kappa shape index (κ1) is 10.2. The molecule has 1 aliphatic rings. The van der Waals surface area contributed by atoms with Crippen molar-refractivity contribution in [3.05, 3.63) is 53.4 Å². The number of benzene rings is 1. The number of rotatable bonds is 1. The maximum absolute atomic E-state index is 12.8. The highest BCUT2D eigenvalue weighted by molar-refractivity contribution is 5.70. The Bertz CT molecular complexity index is 409. The SMILES string of the molecule is CC1=CC(C)C(c2ccc(F)cc2)=CC1. The highest BCUT2D eigenvalue weighted by Crippen LogP contribution is 2.30. The van der Waals surface area contributed by atoms with Gasteiger partial charge < -0.3 is 0 Å². The third kappa shape index (κ3) is 2.17. The average Bonchev–Trinajstić information content (AvgIpc) is 2.20. The fourth-order valence-corrected chi connectivity index (χ4v) is 2.06. The Morgan fingerprint density at radius 1 is 1.20 bits per heavy atom. The highest BCUT2D eigenvalue weighted by atomic mass is 19.1. The Kier molecular flexibility index (Phi) is 2.72. The second-order valence-electron chi connectivity index (χ2n) is 4.17. The summed E-state index contributed by atoms with van der Waals surface area (Å²) in [4.78, 5) is 0. The number of allylic oxidation sites excluding steroid dienone is 4. The Morgan fingerprint density at radius 3 is 2.47 bits per heavy atom. The van der Waals surface area contributed by atoms with E-state index in [1.165, 1.54) is 23.3 Å². The van der Waals surface area contributed by atoms with Crippen molar-refractivity contribution >= 4 is 5.57 Å². The summed E-state index contributed by atoms with van der Waals surface area (Å²) in [6.07, 6.45) is 5.53. The van der Waals surface area contributed by atoms with E-state index in [2.05, 4.69) is 26.0 Å². The van der Waals surface area contributed by atoms with Crippen molar-refractivity contribution in [2.45, 2.75) is 20.3 Å². The Hall–Kier alpha value is -1.37. The van der Waals surface area contributed by atoms with E-state index in [-0.39, 0.29) is 5.82 Å².